The summed E-state index contributed by atoms with van der Waals surface area (Å²) in [5, 5.41) is 2.98. The standard InChI is InChI=1S/C13H12ClN3O2/c14-9-6-10(16-7-9)13(19)17-11(12(15)18)8-4-2-1-3-5-8/h1-7,11,16H,(H2,15,18)(H,17,19). The van der Waals surface area contributed by atoms with Crippen LogP contribution in [0.1, 0.15) is 22.1 Å². The molecule has 1 atom stereocenters. The first-order valence-electron chi connectivity index (χ1n) is 5.57. The number of amides is 2. The van der Waals surface area contributed by atoms with Crippen molar-refractivity contribution in [1.29, 1.82) is 0 Å². The van der Waals surface area contributed by atoms with Crippen molar-refractivity contribution < 1.29 is 9.59 Å². The summed E-state index contributed by atoms with van der Waals surface area (Å²) in [5.41, 5.74) is 6.21. The van der Waals surface area contributed by atoms with Crippen molar-refractivity contribution in [3.05, 3.63) is 58.9 Å². The van der Waals surface area contributed by atoms with Gasteiger partial charge in [0.25, 0.3) is 5.91 Å². The van der Waals surface area contributed by atoms with Gasteiger partial charge >= 0.3 is 0 Å². The molecular weight excluding hydrogens is 266 g/mol. The van der Waals surface area contributed by atoms with Gasteiger partial charge in [-0.15, -0.1) is 0 Å². The number of H-pyrrole nitrogens is 1. The summed E-state index contributed by atoms with van der Waals surface area (Å²) in [7, 11) is 0. The highest BCUT2D eigenvalue weighted by Crippen LogP contribution is 2.14. The molecule has 0 bridgehead atoms. The van der Waals surface area contributed by atoms with Crippen molar-refractivity contribution in [1.82, 2.24) is 10.3 Å². The molecule has 0 spiro atoms. The van der Waals surface area contributed by atoms with E-state index in [1.54, 1.807) is 24.3 Å². The monoisotopic (exact) mass is 277 g/mol. The number of aromatic amines is 1. The third-order valence-electron chi connectivity index (χ3n) is 2.59. The van der Waals surface area contributed by atoms with E-state index < -0.39 is 17.9 Å². The molecule has 2 rings (SSSR count). The number of primary amides is 1. The number of halogens is 1. The highest BCUT2D eigenvalue weighted by Gasteiger charge is 2.21. The molecule has 0 aliphatic rings. The molecule has 0 saturated carbocycles. The van der Waals surface area contributed by atoms with Gasteiger partial charge in [0, 0.05) is 6.20 Å². The SMILES string of the molecule is NC(=O)C(NC(=O)c1cc(Cl)c[nH]1)c1ccccc1. The Morgan fingerprint density at radius 3 is 2.47 bits per heavy atom. The maximum Gasteiger partial charge on any atom is 0.268 e. The van der Waals surface area contributed by atoms with Crippen molar-refractivity contribution in [2.75, 3.05) is 0 Å². The fraction of sp³-hybridized carbons (Fsp3) is 0.0769. The molecule has 2 amide bonds. The first-order chi connectivity index (χ1) is 9.08. The van der Waals surface area contributed by atoms with Crippen LogP contribution in [0.25, 0.3) is 0 Å². The van der Waals surface area contributed by atoms with E-state index >= 15 is 0 Å². The van der Waals surface area contributed by atoms with E-state index in [-0.39, 0.29) is 5.69 Å². The van der Waals surface area contributed by atoms with Gasteiger partial charge < -0.3 is 16.0 Å². The van der Waals surface area contributed by atoms with E-state index in [1.165, 1.54) is 12.3 Å². The average Bonchev–Trinajstić information content (AvgIpc) is 2.83. The molecule has 0 aliphatic heterocycles. The molecule has 1 aromatic carbocycles. The highest BCUT2D eigenvalue weighted by atomic mass is 35.5. The highest BCUT2D eigenvalue weighted by molar-refractivity contribution is 6.31. The van der Waals surface area contributed by atoms with E-state index in [1.807, 2.05) is 6.07 Å². The van der Waals surface area contributed by atoms with Gasteiger partial charge in [-0.05, 0) is 11.6 Å². The topological polar surface area (TPSA) is 88.0 Å². The third-order valence-corrected chi connectivity index (χ3v) is 2.80. The van der Waals surface area contributed by atoms with Gasteiger partial charge in [0.1, 0.15) is 11.7 Å². The minimum atomic E-state index is -0.879. The zero-order chi connectivity index (χ0) is 13.8. The van der Waals surface area contributed by atoms with Gasteiger partial charge in [-0.25, -0.2) is 0 Å². The molecule has 4 N–H and O–H groups in total. The van der Waals surface area contributed by atoms with Gasteiger partial charge in [0.05, 0.1) is 5.02 Å². The van der Waals surface area contributed by atoms with Gasteiger partial charge in [0.15, 0.2) is 0 Å². The van der Waals surface area contributed by atoms with Crippen molar-refractivity contribution in [3.63, 3.8) is 0 Å². The van der Waals surface area contributed by atoms with Crippen molar-refractivity contribution in [3.8, 4) is 0 Å². The maximum absolute atomic E-state index is 11.9. The number of carbonyl (C=O) groups is 2. The van der Waals surface area contributed by atoms with Crippen LogP contribution in [0.4, 0.5) is 0 Å². The van der Waals surface area contributed by atoms with Crippen LogP contribution in [0.15, 0.2) is 42.6 Å². The lowest BCUT2D eigenvalue weighted by Gasteiger charge is -2.15. The summed E-state index contributed by atoms with van der Waals surface area (Å²) in [6.45, 7) is 0. The number of carbonyl (C=O) groups excluding carboxylic acids is 2. The van der Waals surface area contributed by atoms with E-state index in [9.17, 15) is 9.59 Å². The summed E-state index contributed by atoms with van der Waals surface area (Å²) in [6.07, 6.45) is 1.48. The molecule has 19 heavy (non-hydrogen) atoms. The number of hydrogen-bond acceptors (Lipinski definition) is 2. The van der Waals surface area contributed by atoms with Gasteiger partial charge in [-0.3, -0.25) is 9.59 Å². The van der Waals surface area contributed by atoms with Gasteiger partial charge in [0.2, 0.25) is 5.91 Å². The molecule has 5 nitrogen and oxygen atoms in total. The molecule has 1 aromatic heterocycles. The summed E-state index contributed by atoms with van der Waals surface area (Å²) in [4.78, 5) is 26.1. The van der Waals surface area contributed by atoms with Gasteiger partial charge in [-0.2, -0.15) is 0 Å². The lowest BCUT2D eigenvalue weighted by Crippen LogP contribution is -2.37. The quantitative estimate of drug-likeness (QED) is 0.793. The average molecular weight is 278 g/mol. The summed E-state index contributed by atoms with van der Waals surface area (Å²) < 4.78 is 0. The molecule has 0 fully saturated rings. The molecule has 0 aliphatic carbocycles. The lowest BCUT2D eigenvalue weighted by atomic mass is 10.1. The third kappa shape index (κ3) is 3.14. The van der Waals surface area contributed by atoms with Gasteiger partial charge in [-0.1, -0.05) is 41.9 Å². The van der Waals surface area contributed by atoms with Crippen LogP contribution in [-0.2, 0) is 4.79 Å². The second-order valence-corrected chi connectivity index (χ2v) is 4.39. The minimum Gasteiger partial charge on any atom is -0.368 e. The first-order valence-corrected chi connectivity index (χ1v) is 5.95. The molecule has 0 radical (unpaired) electrons. The maximum atomic E-state index is 11.9. The number of hydrogen-bond donors (Lipinski definition) is 3. The number of nitrogens with two attached hydrogens (primary N) is 1. The van der Waals surface area contributed by atoms with E-state index in [2.05, 4.69) is 10.3 Å². The fourth-order valence-electron chi connectivity index (χ4n) is 1.67. The number of benzene rings is 1. The first kappa shape index (κ1) is 13.2. The normalized spacial score (nSPS) is 11.8. The zero-order valence-corrected chi connectivity index (χ0v) is 10.6. The Hall–Kier alpha value is -2.27. The van der Waals surface area contributed by atoms with E-state index in [0.717, 1.165) is 0 Å². The van der Waals surface area contributed by atoms with Crippen LogP contribution in [0.3, 0.4) is 0 Å². The molecule has 1 heterocycles. The number of aromatic nitrogens is 1. The Labute approximate surface area is 114 Å². The van der Waals surface area contributed by atoms with Crippen molar-refractivity contribution in [2.24, 2.45) is 5.73 Å². The predicted octanol–water partition coefficient (Wildman–Crippen LogP) is 1.62. The Kier molecular flexibility index (Phi) is 3.87. The largest absolute Gasteiger partial charge is 0.368 e. The predicted molar refractivity (Wildman–Crippen MR) is 71.6 cm³/mol. The Morgan fingerprint density at radius 1 is 1.26 bits per heavy atom. The van der Waals surface area contributed by atoms with E-state index in [4.69, 9.17) is 17.3 Å². The summed E-state index contributed by atoms with van der Waals surface area (Å²) in [6, 6.07) is 9.38. The number of rotatable bonds is 4. The van der Waals surface area contributed by atoms with Crippen LogP contribution >= 0.6 is 11.6 Å². The molecule has 6 heteroatoms. The van der Waals surface area contributed by atoms with Crippen LogP contribution in [-0.4, -0.2) is 16.8 Å². The second-order valence-electron chi connectivity index (χ2n) is 3.95. The fourth-order valence-corrected chi connectivity index (χ4v) is 1.84. The molecule has 2 aromatic rings. The van der Waals surface area contributed by atoms with E-state index in [0.29, 0.717) is 10.6 Å². The Bertz CT molecular complexity index is 595. The zero-order valence-electron chi connectivity index (χ0n) is 9.89. The molecule has 0 saturated heterocycles. The van der Waals surface area contributed by atoms with Crippen LogP contribution in [0.2, 0.25) is 5.02 Å². The summed E-state index contributed by atoms with van der Waals surface area (Å²) in [5.74, 6) is -1.07. The molecular formula is C13H12ClN3O2. The lowest BCUT2D eigenvalue weighted by molar-refractivity contribution is -0.120. The smallest absolute Gasteiger partial charge is 0.268 e. The Morgan fingerprint density at radius 2 is 1.95 bits per heavy atom. The second kappa shape index (κ2) is 5.58. The Balaban J connectivity index is 2.18. The van der Waals surface area contributed by atoms with Crippen molar-refractivity contribution in [2.45, 2.75) is 6.04 Å². The summed E-state index contributed by atoms with van der Waals surface area (Å²) >= 11 is 5.72. The van der Waals surface area contributed by atoms with Crippen LogP contribution in [0.5, 0.6) is 0 Å². The minimum absolute atomic E-state index is 0.271. The van der Waals surface area contributed by atoms with Crippen LogP contribution in [0, 0.1) is 0 Å². The molecule has 98 valence electrons. The molecule has 1 unspecified atom stereocenters. The number of nitrogens with one attached hydrogen (secondary N) is 2. The van der Waals surface area contributed by atoms with Crippen molar-refractivity contribution >= 4 is 23.4 Å². The van der Waals surface area contributed by atoms with Crippen LogP contribution < -0.4 is 11.1 Å².